The lowest BCUT2D eigenvalue weighted by Gasteiger charge is -2.24. The number of aliphatic carboxylic acids is 1. The van der Waals surface area contributed by atoms with Gasteiger partial charge in [0.1, 0.15) is 6.54 Å². The van der Waals surface area contributed by atoms with E-state index in [1.54, 1.807) is 6.07 Å². The second-order valence-electron chi connectivity index (χ2n) is 4.60. The van der Waals surface area contributed by atoms with Crippen molar-refractivity contribution >= 4 is 22.4 Å². The van der Waals surface area contributed by atoms with Crippen LogP contribution < -0.4 is 4.90 Å². The van der Waals surface area contributed by atoms with E-state index in [2.05, 4.69) is 6.07 Å². The summed E-state index contributed by atoms with van der Waals surface area (Å²) < 4.78 is 0. The molecule has 1 N–H and O–H groups in total. The molecule has 0 spiro atoms. The average Bonchev–Trinajstić information content (AvgIpc) is 2.45. The Morgan fingerprint density at radius 3 is 2.55 bits per heavy atom. The standard InChI is InChI=1S/C16H16N2O2/c1-2-9-18(11-16(19)20)15-8-7-12(10-17)13-5-3-4-6-14(13)15/h3-8H,2,9,11H2,1H3,(H,19,20). The van der Waals surface area contributed by atoms with E-state index in [4.69, 9.17) is 10.4 Å². The molecule has 0 aromatic heterocycles. The molecule has 0 saturated carbocycles. The molecule has 0 atom stereocenters. The van der Waals surface area contributed by atoms with Crippen LogP contribution in [-0.2, 0) is 4.79 Å². The van der Waals surface area contributed by atoms with Gasteiger partial charge < -0.3 is 10.0 Å². The molecule has 102 valence electrons. The molecule has 4 nitrogen and oxygen atoms in total. The van der Waals surface area contributed by atoms with E-state index in [9.17, 15) is 4.79 Å². The van der Waals surface area contributed by atoms with Crippen molar-refractivity contribution in [1.82, 2.24) is 0 Å². The summed E-state index contributed by atoms with van der Waals surface area (Å²) in [4.78, 5) is 12.9. The normalized spacial score (nSPS) is 10.2. The fourth-order valence-electron chi connectivity index (χ4n) is 2.37. The number of nitriles is 1. The maximum Gasteiger partial charge on any atom is 0.323 e. The summed E-state index contributed by atoms with van der Waals surface area (Å²) >= 11 is 0. The Kier molecular flexibility index (Phi) is 4.21. The van der Waals surface area contributed by atoms with Crippen LogP contribution in [0.5, 0.6) is 0 Å². The van der Waals surface area contributed by atoms with Gasteiger partial charge in [0, 0.05) is 23.0 Å². The van der Waals surface area contributed by atoms with Crippen molar-refractivity contribution in [3.8, 4) is 6.07 Å². The molecule has 0 heterocycles. The second-order valence-corrected chi connectivity index (χ2v) is 4.60. The van der Waals surface area contributed by atoms with E-state index in [1.165, 1.54) is 0 Å². The Balaban J connectivity index is 2.58. The van der Waals surface area contributed by atoms with Crippen molar-refractivity contribution in [3.63, 3.8) is 0 Å². The number of rotatable bonds is 5. The van der Waals surface area contributed by atoms with Gasteiger partial charge in [-0.1, -0.05) is 31.2 Å². The smallest absolute Gasteiger partial charge is 0.323 e. The summed E-state index contributed by atoms with van der Waals surface area (Å²) in [5.74, 6) is -0.855. The van der Waals surface area contributed by atoms with Crippen LogP contribution in [-0.4, -0.2) is 24.2 Å². The number of nitrogens with zero attached hydrogens (tertiary/aromatic N) is 2. The first-order chi connectivity index (χ1) is 9.67. The Hall–Kier alpha value is -2.54. The number of hydrogen-bond acceptors (Lipinski definition) is 3. The average molecular weight is 268 g/mol. The molecule has 20 heavy (non-hydrogen) atoms. The number of carboxylic acid groups (broad SMARTS) is 1. The monoisotopic (exact) mass is 268 g/mol. The zero-order valence-electron chi connectivity index (χ0n) is 11.3. The van der Waals surface area contributed by atoms with Gasteiger partial charge in [0.2, 0.25) is 0 Å². The molecule has 0 aliphatic heterocycles. The fraction of sp³-hybridized carbons (Fsp3) is 0.250. The Bertz CT molecular complexity index is 674. The fourth-order valence-corrected chi connectivity index (χ4v) is 2.37. The zero-order chi connectivity index (χ0) is 14.5. The third-order valence-electron chi connectivity index (χ3n) is 3.18. The highest BCUT2D eigenvalue weighted by atomic mass is 16.4. The van der Waals surface area contributed by atoms with Gasteiger partial charge in [-0.25, -0.2) is 0 Å². The zero-order valence-corrected chi connectivity index (χ0v) is 11.3. The SMILES string of the molecule is CCCN(CC(=O)O)c1ccc(C#N)c2ccccc12. The van der Waals surface area contributed by atoms with Crippen LogP contribution in [0.1, 0.15) is 18.9 Å². The Labute approximate surface area is 117 Å². The molecule has 2 rings (SSSR count). The topological polar surface area (TPSA) is 64.3 Å². The van der Waals surface area contributed by atoms with Gasteiger partial charge >= 0.3 is 5.97 Å². The molecule has 0 unspecified atom stereocenters. The number of fused-ring (bicyclic) bond motifs is 1. The summed E-state index contributed by atoms with van der Waals surface area (Å²) in [5.41, 5.74) is 1.47. The minimum Gasteiger partial charge on any atom is -0.480 e. The maximum absolute atomic E-state index is 11.0. The Morgan fingerprint density at radius 1 is 1.25 bits per heavy atom. The van der Waals surface area contributed by atoms with E-state index in [1.807, 2.05) is 42.2 Å². The molecule has 2 aromatic rings. The van der Waals surface area contributed by atoms with Gasteiger partial charge in [-0.3, -0.25) is 4.79 Å². The van der Waals surface area contributed by atoms with E-state index in [0.717, 1.165) is 22.9 Å². The molecule has 0 fully saturated rings. The van der Waals surface area contributed by atoms with Gasteiger partial charge in [0.05, 0.1) is 11.6 Å². The lowest BCUT2D eigenvalue weighted by Crippen LogP contribution is -2.30. The van der Waals surface area contributed by atoms with E-state index in [0.29, 0.717) is 12.1 Å². The molecule has 0 aliphatic rings. The number of carbonyl (C=O) groups is 1. The van der Waals surface area contributed by atoms with Gasteiger partial charge in [0.25, 0.3) is 0 Å². The molecule has 2 aromatic carbocycles. The maximum atomic E-state index is 11.0. The lowest BCUT2D eigenvalue weighted by atomic mass is 10.0. The number of benzene rings is 2. The van der Waals surface area contributed by atoms with Gasteiger partial charge in [-0.05, 0) is 18.6 Å². The minimum atomic E-state index is -0.855. The van der Waals surface area contributed by atoms with Crippen molar-refractivity contribution in [1.29, 1.82) is 5.26 Å². The summed E-state index contributed by atoms with van der Waals surface area (Å²) in [7, 11) is 0. The van der Waals surface area contributed by atoms with Crippen molar-refractivity contribution in [3.05, 3.63) is 42.0 Å². The van der Waals surface area contributed by atoms with Crippen molar-refractivity contribution in [2.24, 2.45) is 0 Å². The number of anilines is 1. The highest BCUT2D eigenvalue weighted by molar-refractivity contribution is 5.98. The van der Waals surface area contributed by atoms with E-state index < -0.39 is 5.97 Å². The van der Waals surface area contributed by atoms with Crippen molar-refractivity contribution in [2.75, 3.05) is 18.0 Å². The highest BCUT2D eigenvalue weighted by Crippen LogP contribution is 2.29. The first kappa shape index (κ1) is 13.9. The summed E-state index contributed by atoms with van der Waals surface area (Å²) in [6.45, 7) is 2.65. The molecule has 0 amide bonds. The molecule has 0 radical (unpaired) electrons. The third kappa shape index (κ3) is 2.72. The van der Waals surface area contributed by atoms with Crippen LogP contribution in [0.3, 0.4) is 0 Å². The van der Waals surface area contributed by atoms with Crippen LogP contribution in [0.2, 0.25) is 0 Å². The van der Waals surface area contributed by atoms with Crippen LogP contribution in [0.25, 0.3) is 10.8 Å². The molecule has 0 saturated heterocycles. The Morgan fingerprint density at radius 2 is 1.95 bits per heavy atom. The van der Waals surface area contributed by atoms with Gasteiger partial charge in [-0.15, -0.1) is 0 Å². The first-order valence-electron chi connectivity index (χ1n) is 6.56. The van der Waals surface area contributed by atoms with E-state index >= 15 is 0 Å². The highest BCUT2D eigenvalue weighted by Gasteiger charge is 2.14. The predicted molar refractivity (Wildman–Crippen MR) is 78.8 cm³/mol. The summed E-state index contributed by atoms with van der Waals surface area (Å²) in [5, 5.41) is 20.0. The van der Waals surface area contributed by atoms with Crippen LogP contribution >= 0.6 is 0 Å². The summed E-state index contributed by atoms with van der Waals surface area (Å²) in [6.07, 6.45) is 0.863. The quantitative estimate of drug-likeness (QED) is 0.905. The largest absolute Gasteiger partial charge is 0.480 e. The number of carboxylic acids is 1. The third-order valence-corrected chi connectivity index (χ3v) is 3.18. The van der Waals surface area contributed by atoms with Gasteiger partial charge in [-0.2, -0.15) is 5.26 Å². The molecular formula is C16H16N2O2. The van der Waals surface area contributed by atoms with Gasteiger partial charge in [0.15, 0.2) is 0 Å². The summed E-state index contributed by atoms with van der Waals surface area (Å²) in [6, 6.07) is 13.4. The number of hydrogen-bond donors (Lipinski definition) is 1. The minimum absolute atomic E-state index is 0.0380. The van der Waals surface area contributed by atoms with E-state index in [-0.39, 0.29) is 6.54 Å². The molecule has 0 bridgehead atoms. The molecular weight excluding hydrogens is 252 g/mol. The first-order valence-corrected chi connectivity index (χ1v) is 6.56. The van der Waals surface area contributed by atoms with Crippen LogP contribution in [0, 0.1) is 11.3 Å². The second kappa shape index (κ2) is 6.07. The molecule has 4 heteroatoms. The van der Waals surface area contributed by atoms with Crippen LogP contribution in [0.4, 0.5) is 5.69 Å². The van der Waals surface area contributed by atoms with Crippen molar-refractivity contribution in [2.45, 2.75) is 13.3 Å². The lowest BCUT2D eigenvalue weighted by molar-refractivity contribution is -0.135. The van der Waals surface area contributed by atoms with Crippen molar-refractivity contribution < 1.29 is 9.90 Å². The predicted octanol–water partition coefficient (Wildman–Crippen LogP) is 3.01. The van der Waals surface area contributed by atoms with Crippen LogP contribution in [0.15, 0.2) is 36.4 Å². The molecule has 0 aliphatic carbocycles.